The fourth-order valence-electron chi connectivity index (χ4n) is 3.13. The van der Waals surface area contributed by atoms with Crippen LogP contribution in [0.4, 0.5) is 8.78 Å². The Morgan fingerprint density at radius 1 is 1.23 bits per heavy atom. The minimum atomic E-state index is -1.93. The Morgan fingerprint density at radius 3 is 2.58 bits per heavy atom. The molecule has 0 aliphatic rings. The minimum Gasteiger partial charge on any atom is -0.279 e. The summed E-state index contributed by atoms with van der Waals surface area (Å²) in [6, 6.07) is 9.68. The van der Waals surface area contributed by atoms with Gasteiger partial charge in [-0.1, -0.05) is 41.6 Å². The molecule has 0 spiro atoms. The van der Waals surface area contributed by atoms with E-state index in [1.165, 1.54) is 44.4 Å². The number of halogens is 3. The highest BCUT2D eigenvalue weighted by Gasteiger charge is 2.25. The Morgan fingerprint density at radius 2 is 1.94 bits per heavy atom. The number of aryl methyl sites for hydroxylation is 1. The number of hydrogen-bond donors (Lipinski definition) is 2. The molecule has 0 radical (unpaired) electrons. The lowest BCUT2D eigenvalue weighted by Gasteiger charge is -2.18. The van der Waals surface area contributed by atoms with E-state index in [1.807, 2.05) is 19.1 Å². The molecular formula is C22H21ClF2N4OS. The minimum absolute atomic E-state index is 0.0361. The summed E-state index contributed by atoms with van der Waals surface area (Å²) in [5.74, 6) is -0.437. The molecule has 2 aromatic carbocycles. The Balaban J connectivity index is 1.92. The summed E-state index contributed by atoms with van der Waals surface area (Å²) in [5.41, 5.74) is -1.69. The van der Waals surface area contributed by atoms with Gasteiger partial charge in [0.1, 0.15) is 5.67 Å². The lowest BCUT2D eigenvalue weighted by Crippen LogP contribution is -2.42. The zero-order valence-corrected chi connectivity index (χ0v) is 18.7. The number of thioether (sulfide) groups is 1. The second kappa shape index (κ2) is 8.80. The zero-order chi connectivity index (χ0) is 22.9. The summed E-state index contributed by atoms with van der Waals surface area (Å²) >= 11 is 7.19. The highest BCUT2D eigenvalue weighted by Crippen LogP contribution is 2.29. The van der Waals surface area contributed by atoms with E-state index in [4.69, 9.17) is 22.4 Å². The molecule has 31 heavy (non-hydrogen) atoms. The van der Waals surface area contributed by atoms with E-state index < -0.39 is 22.5 Å². The summed E-state index contributed by atoms with van der Waals surface area (Å²) in [7, 11) is 0. The molecule has 0 saturated heterocycles. The summed E-state index contributed by atoms with van der Waals surface area (Å²) < 4.78 is 31.2. The Hall–Kier alpha value is -2.71. The van der Waals surface area contributed by atoms with E-state index in [2.05, 4.69) is 0 Å². The Labute approximate surface area is 187 Å². The van der Waals surface area contributed by atoms with Crippen LogP contribution >= 0.6 is 23.4 Å². The van der Waals surface area contributed by atoms with Crippen molar-refractivity contribution in [3.8, 4) is 5.69 Å². The third-order valence-corrected chi connectivity index (χ3v) is 5.77. The van der Waals surface area contributed by atoms with Crippen LogP contribution in [0.5, 0.6) is 0 Å². The standard InChI is InChI=1S/C22H21ClF2N4OS/c1-13-9-14(11-15(23)10-13)12-31-21(27)29-8-7-28(20(30)19(29)26)17-6-4-5-16(18(17)24)22(2,3)25/h4-11,26-27H,12H2,1-3H3. The van der Waals surface area contributed by atoms with Gasteiger partial charge in [-0.25, -0.2) is 8.78 Å². The Kier molecular flexibility index (Phi) is 6.52. The third-order valence-electron chi connectivity index (χ3n) is 4.60. The number of nitrogens with one attached hydrogen (secondary N) is 2. The van der Waals surface area contributed by atoms with Gasteiger partial charge in [0.2, 0.25) is 0 Å². The molecule has 0 aliphatic carbocycles. The van der Waals surface area contributed by atoms with Gasteiger partial charge in [-0.3, -0.25) is 24.7 Å². The molecule has 5 nitrogen and oxygen atoms in total. The quantitative estimate of drug-likeness (QED) is 0.416. The van der Waals surface area contributed by atoms with Gasteiger partial charge in [-0.15, -0.1) is 0 Å². The van der Waals surface area contributed by atoms with Gasteiger partial charge in [0, 0.05) is 28.7 Å². The van der Waals surface area contributed by atoms with Crippen LogP contribution in [0.1, 0.15) is 30.5 Å². The molecule has 9 heteroatoms. The largest absolute Gasteiger partial charge is 0.298 e. The van der Waals surface area contributed by atoms with Gasteiger partial charge in [0.15, 0.2) is 16.5 Å². The maximum Gasteiger partial charge on any atom is 0.298 e. The van der Waals surface area contributed by atoms with Gasteiger partial charge in [0.25, 0.3) is 5.56 Å². The average molecular weight is 463 g/mol. The van der Waals surface area contributed by atoms with Crippen molar-refractivity contribution in [2.45, 2.75) is 32.2 Å². The van der Waals surface area contributed by atoms with Crippen LogP contribution in [0, 0.1) is 23.6 Å². The maximum absolute atomic E-state index is 14.9. The third kappa shape index (κ3) is 4.97. The summed E-state index contributed by atoms with van der Waals surface area (Å²) in [4.78, 5) is 12.7. The van der Waals surface area contributed by atoms with Crippen LogP contribution in [-0.4, -0.2) is 14.3 Å². The fraction of sp³-hybridized carbons (Fsp3) is 0.227. The number of alkyl halides is 1. The van der Waals surface area contributed by atoms with Gasteiger partial charge in [-0.05, 0) is 50.1 Å². The highest BCUT2D eigenvalue weighted by atomic mass is 35.5. The first-order valence-electron chi connectivity index (χ1n) is 9.34. The van der Waals surface area contributed by atoms with E-state index >= 15 is 0 Å². The molecule has 0 amide bonds. The van der Waals surface area contributed by atoms with Crippen molar-refractivity contribution in [3.05, 3.63) is 92.2 Å². The lowest BCUT2D eigenvalue weighted by molar-refractivity contribution is 0.213. The predicted octanol–water partition coefficient (Wildman–Crippen LogP) is 5.14. The van der Waals surface area contributed by atoms with E-state index in [1.54, 1.807) is 6.07 Å². The molecule has 3 aromatic rings. The summed E-state index contributed by atoms with van der Waals surface area (Å²) in [6.07, 6.45) is 2.61. The number of nitrogens with zero attached hydrogens (tertiary/aromatic N) is 2. The molecule has 1 aromatic heterocycles. The molecule has 0 saturated carbocycles. The second-order valence-corrected chi connectivity index (χ2v) is 8.93. The predicted molar refractivity (Wildman–Crippen MR) is 121 cm³/mol. The van der Waals surface area contributed by atoms with Crippen molar-refractivity contribution >= 4 is 28.5 Å². The smallest absolute Gasteiger partial charge is 0.279 e. The van der Waals surface area contributed by atoms with Crippen LogP contribution in [0.25, 0.3) is 5.69 Å². The molecule has 3 rings (SSSR count). The van der Waals surface area contributed by atoms with E-state index in [0.29, 0.717) is 10.8 Å². The van der Waals surface area contributed by atoms with Crippen LogP contribution in [-0.2, 0) is 11.4 Å². The Bertz CT molecular complexity index is 1260. The average Bonchev–Trinajstić information content (AvgIpc) is 2.67. The van der Waals surface area contributed by atoms with Gasteiger partial charge >= 0.3 is 0 Å². The van der Waals surface area contributed by atoms with E-state index in [-0.39, 0.29) is 16.4 Å². The van der Waals surface area contributed by atoms with Crippen LogP contribution in [0.3, 0.4) is 0 Å². The van der Waals surface area contributed by atoms with Crippen molar-refractivity contribution in [3.63, 3.8) is 0 Å². The first kappa shape index (κ1) is 23.0. The molecule has 0 aliphatic heterocycles. The van der Waals surface area contributed by atoms with E-state index in [9.17, 15) is 13.6 Å². The van der Waals surface area contributed by atoms with Crippen molar-refractivity contribution in [2.75, 3.05) is 0 Å². The zero-order valence-electron chi connectivity index (χ0n) is 17.2. The molecule has 1 heterocycles. The van der Waals surface area contributed by atoms with Crippen molar-refractivity contribution in [1.82, 2.24) is 9.13 Å². The van der Waals surface area contributed by atoms with Gasteiger partial charge in [0.05, 0.1) is 5.69 Å². The number of hydrogen-bond acceptors (Lipinski definition) is 4. The fourth-order valence-corrected chi connectivity index (χ4v) is 4.21. The topological polar surface area (TPSA) is 74.6 Å². The second-order valence-electron chi connectivity index (χ2n) is 7.53. The molecule has 0 atom stereocenters. The molecule has 0 bridgehead atoms. The maximum atomic E-state index is 14.9. The van der Waals surface area contributed by atoms with Crippen LogP contribution < -0.4 is 11.0 Å². The number of rotatable bonds is 4. The number of aromatic nitrogens is 2. The number of benzene rings is 2. The van der Waals surface area contributed by atoms with E-state index in [0.717, 1.165) is 32.0 Å². The van der Waals surface area contributed by atoms with Gasteiger partial charge < -0.3 is 0 Å². The molecule has 0 fully saturated rings. The molecule has 162 valence electrons. The lowest BCUT2D eigenvalue weighted by atomic mass is 9.99. The summed E-state index contributed by atoms with van der Waals surface area (Å²) in [5, 5.41) is 17.0. The first-order valence-corrected chi connectivity index (χ1v) is 10.7. The highest BCUT2D eigenvalue weighted by molar-refractivity contribution is 8.13. The molecule has 0 unspecified atom stereocenters. The van der Waals surface area contributed by atoms with Crippen molar-refractivity contribution in [2.24, 2.45) is 0 Å². The van der Waals surface area contributed by atoms with Crippen molar-refractivity contribution in [1.29, 1.82) is 10.8 Å². The van der Waals surface area contributed by atoms with Crippen LogP contribution in [0.15, 0.2) is 53.6 Å². The summed E-state index contributed by atoms with van der Waals surface area (Å²) in [6.45, 7) is 4.37. The molecule has 2 N–H and O–H groups in total. The van der Waals surface area contributed by atoms with Crippen LogP contribution in [0.2, 0.25) is 5.02 Å². The van der Waals surface area contributed by atoms with Crippen molar-refractivity contribution < 1.29 is 8.78 Å². The SMILES string of the molecule is Cc1cc(Cl)cc(CSC(=N)n2ccn(-c3cccc(C(C)(C)F)c3F)c(=O)c2=N)c1. The van der Waals surface area contributed by atoms with Gasteiger partial charge in [-0.2, -0.15) is 0 Å². The normalized spacial score (nSPS) is 11.5. The molecular weight excluding hydrogens is 442 g/mol. The first-order chi connectivity index (χ1) is 14.5. The monoisotopic (exact) mass is 462 g/mol.